The molecule has 0 radical (unpaired) electrons. The van der Waals surface area contributed by atoms with Gasteiger partial charge in [0.15, 0.2) is 0 Å². The predicted octanol–water partition coefficient (Wildman–Crippen LogP) is 13.2. The Bertz CT molecular complexity index is 2830. The molecule has 0 amide bonds. The number of benzene rings is 8. The highest BCUT2D eigenvalue weighted by Crippen LogP contribution is 2.46. The third kappa shape index (κ3) is 4.76. The highest BCUT2D eigenvalue weighted by Gasteiger charge is 2.19. The van der Waals surface area contributed by atoms with Crippen LogP contribution in [0.2, 0.25) is 0 Å². The number of aromatic nitrogens is 2. The smallest absolute Gasteiger partial charge is 0.0571 e. The van der Waals surface area contributed by atoms with Crippen LogP contribution in [0.4, 0.5) is 0 Å². The van der Waals surface area contributed by atoms with Crippen molar-refractivity contribution in [2.75, 3.05) is 0 Å². The number of hydrogen-bond donors (Lipinski definition) is 0. The minimum Gasteiger partial charge on any atom is -0.309 e. The van der Waals surface area contributed by atoms with Crippen LogP contribution < -0.4 is 0 Å². The summed E-state index contributed by atoms with van der Waals surface area (Å²) < 4.78 is 2.34. The molecule has 2 nitrogen and oxygen atoms in total. The zero-order valence-electron chi connectivity index (χ0n) is 27.9. The van der Waals surface area contributed by atoms with E-state index in [9.17, 15) is 0 Å². The molecule has 2 heteroatoms. The van der Waals surface area contributed by atoms with Crippen molar-refractivity contribution in [3.05, 3.63) is 194 Å². The molecule has 0 unspecified atom stereocenters. The summed E-state index contributed by atoms with van der Waals surface area (Å²) in [7, 11) is 0. The van der Waals surface area contributed by atoms with Gasteiger partial charge in [-0.2, -0.15) is 0 Å². The minimum absolute atomic E-state index is 1.14. The normalized spacial score (nSPS) is 11.5. The largest absolute Gasteiger partial charge is 0.309 e. The van der Waals surface area contributed by atoms with Gasteiger partial charge in [-0.3, -0.25) is 4.98 Å². The summed E-state index contributed by atoms with van der Waals surface area (Å²) in [6.07, 6.45) is 3.88. The molecular weight excluding hydrogens is 617 g/mol. The molecule has 238 valence electrons. The van der Waals surface area contributed by atoms with E-state index in [1.54, 1.807) is 0 Å². The molecule has 10 rings (SSSR count). The third-order valence-corrected chi connectivity index (χ3v) is 10.3. The quantitative estimate of drug-likeness (QED) is 0.170. The second-order valence-electron chi connectivity index (χ2n) is 13.1. The zero-order chi connectivity index (χ0) is 33.7. The Labute approximate surface area is 296 Å². The number of para-hydroxylation sites is 1. The summed E-state index contributed by atoms with van der Waals surface area (Å²) in [6.45, 7) is 0. The third-order valence-electron chi connectivity index (χ3n) is 10.3. The Morgan fingerprint density at radius 1 is 0.333 bits per heavy atom. The summed E-state index contributed by atoms with van der Waals surface area (Å²) in [4.78, 5) is 4.54. The van der Waals surface area contributed by atoms with Gasteiger partial charge in [0.05, 0.1) is 11.0 Å². The van der Waals surface area contributed by atoms with Gasteiger partial charge < -0.3 is 4.57 Å². The molecule has 2 aromatic heterocycles. The van der Waals surface area contributed by atoms with Gasteiger partial charge in [0.1, 0.15) is 0 Å². The molecule has 0 atom stereocenters. The van der Waals surface area contributed by atoms with Crippen LogP contribution in [0, 0.1) is 0 Å². The first-order chi connectivity index (χ1) is 25.3. The molecule has 0 aliphatic rings. The molecule has 10 aromatic rings. The van der Waals surface area contributed by atoms with Crippen molar-refractivity contribution < 1.29 is 0 Å². The van der Waals surface area contributed by atoms with E-state index in [1.165, 1.54) is 77.0 Å². The summed E-state index contributed by atoms with van der Waals surface area (Å²) in [5.74, 6) is 0. The lowest BCUT2D eigenvalue weighted by Gasteiger charge is -2.19. The van der Waals surface area contributed by atoms with Crippen LogP contribution in [-0.4, -0.2) is 9.55 Å². The van der Waals surface area contributed by atoms with Crippen molar-refractivity contribution in [1.29, 1.82) is 0 Å². The molecule has 0 saturated carbocycles. The molecule has 8 aromatic carbocycles. The lowest BCUT2D eigenvalue weighted by atomic mass is 9.84. The van der Waals surface area contributed by atoms with Crippen molar-refractivity contribution in [3.63, 3.8) is 0 Å². The van der Waals surface area contributed by atoms with Crippen molar-refractivity contribution in [2.24, 2.45) is 0 Å². The molecule has 2 heterocycles. The van der Waals surface area contributed by atoms with Gasteiger partial charge >= 0.3 is 0 Å². The van der Waals surface area contributed by atoms with E-state index in [1.807, 2.05) is 12.4 Å². The second kappa shape index (κ2) is 12.0. The number of rotatable bonds is 5. The van der Waals surface area contributed by atoms with E-state index in [2.05, 4.69) is 192 Å². The molecule has 51 heavy (non-hydrogen) atoms. The number of fused-ring (bicyclic) bond motifs is 5. The van der Waals surface area contributed by atoms with Gasteiger partial charge in [0.2, 0.25) is 0 Å². The fourth-order valence-corrected chi connectivity index (χ4v) is 8.05. The highest BCUT2D eigenvalue weighted by atomic mass is 15.0. The average molecular weight is 649 g/mol. The molecule has 0 spiro atoms. The molecule has 0 fully saturated rings. The summed E-state index contributed by atoms with van der Waals surface area (Å²) in [5, 5.41) is 7.37. The van der Waals surface area contributed by atoms with Crippen LogP contribution in [-0.2, 0) is 0 Å². The first-order valence-electron chi connectivity index (χ1n) is 17.5. The molecule has 0 aliphatic heterocycles. The SMILES string of the molecule is c1ccc(-c2cc(-c3c4ccccc4c(-c4ccccc4)c4ccccc34)ccc2-c2ccc3c(c2)c2cnccc2n3-c2ccccc2)cc1. The molecule has 0 N–H and O–H groups in total. The molecule has 0 aliphatic carbocycles. The number of nitrogens with zero attached hydrogens (tertiary/aromatic N) is 2. The predicted molar refractivity (Wildman–Crippen MR) is 215 cm³/mol. The Hall–Kier alpha value is -6.77. The van der Waals surface area contributed by atoms with Crippen LogP contribution in [0.25, 0.3) is 93.5 Å². The van der Waals surface area contributed by atoms with E-state index in [0.717, 1.165) is 16.6 Å². The van der Waals surface area contributed by atoms with Crippen LogP contribution in [0.5, 0.6) is 0 Å². The molecule has 0 bridgehead atoms. The second-order valence-corrected chi connectivity index (χ2v) is 13.1. The highest BCUT2D eigenvalue weighted by molar-refractivity contribution is 6.21. The van der Waals surface area contributed by atoms with E-state index in [0.29, 0.717) is 0 Å². The maximum atomic E-state index is 4.54. The topological polar surface area (TPSA) is 17.8 Å². The number of pyridine rings is 1. The van der Waals surface area contributed by atoms with E-state index in [-0.39, 0.29) is 0 Å². The van der Waals surface area contributed by atoms with Gasteiger partial charge in [-0.05, 0) is 102 Å². The van der Waals surface area contributed by atoms with Crippen LogP contribution >= 0.6 is 0 Å². The Kier molecular flexibility index (Phi) is 6.85. The lowest BCUT2D eigenvalue weighted by molar-refractivity contribution is 1.17. The molecule has 0 saturated heterocycles. The molecular formula is C49H32N2. The first-order valence-corrected chi connectivity index (χ1v) is 17.5. The van der Waals surface area contributed by atoms with E-state index in [4.69, 9.17) is 0 Å². The number of hydrogen-bond acceptors (Lipinski definition) is 1. The fraction of sp³-hybridized carbons (Fsp3) is 0. The van der Waals surface area contributed by atoms with E-state index < -0.39 is 0 Å². The fourth-order valence-electron chi connectivity index (χ4n) is 8.05. The monoisotopic (exact) mass is 648 g/mol. The first kappa shape index (κ1) is 29.2. The maximum Gasteiger partial charge on any atom is 0.0571 e. The van der Waals surface area contributed by atoms with Crippen LogP contribution in [0.15, 0.2) is 194 Å². The Balaban J connectivity index is 1.23. The zero-order valence-corrected chi connectivity index (χ0v) is 27.9. The van der Waals surface area contributed by atoms with Crippen molar-refractivity contribution in [1.82, 2.24) is 9.55 Å². The van der Waals surface area contributed by atoms with Crippen LogP contribution in [0.1, 0.15) is 0 Å². The van der Waals surface area contributed by atoms with Crippen molar-refractivity contribution in [3.8, 4) is 50.2 Å². The maximum absolute atomic E-state index is 4.54. The van der Waals surface area contributed by atoms with Gasteiger partial charge in [0.25, 0.3) is 0 Å². The van der Waals surface area contributed by atoms with Gasteiger partial charge in [-0.25, -0.2) is 0 Å². The van der Waals surface area contributed by atoms with E-state index >= 15 is 0 Å². The van der Waals surface area contributed by atoms with Crippen LogP contribution in [0.3, 0.4) is 0 Å². The summed E-state index contributed by atoms with van der Waals surface area (Å²) in [6, 6.07) is 66.0. The lowest BCUT2D eigenvalue weighted by Crippen LogP contribution is -1.93. The van der Waals surface area contributed by atoms with Crippen molar-refractivity contribution >= 4 is 43.4 Å². The standard InChI is InChI=1S/C49H32N2/c1-4-14-33(15-5-1)43-31-36(49-41-22-12-10-20-39(41)48(34-16-6-2-7-17-34)40-21-11-13-23-42(40)49)24-26-38(43)35-25-27-46-44(30-35)45-32-50-29-28-47(45)51(46)37-18-8-3-9-19-37/h1-32H. The Morgan fingerprint density at radius 2 is 0.863 bits per heavy atom. The van der Waals surface area contributed by atoms with Gasteiger partial charge in [-0.15, -0.1) is 0 Å². The minimum atomic E-state index is 1.14. The van der Waals surface area contributed by atoms with Gasteiger partial charge in [0, 0.05) is 28.9 Å². The Morgan fingerprint density at radius 3 is 1.51 bits per heavy atom. The van der Waals surface area contributed by atoms with Crippen molar-refractivity contribution in [2.45, 2.75) is 0 Å². The summed E-state index contributed by atoms with van der Waals surface area (Å²) in [5.41, 5.74) is 13.2. The average Bonchev–Trinajstić information content (AvgIpc) is 3.54. The van der Waals surface area contributed by atoms with Gasteiger partial charge in [-0.1, -0.05) is 146 Å². The summed E-state index contributed by atoms with van der Waals surface area (Å²) >= 11 is 0.